The summed E-state index contributed by atoms with van der Waals surface area (Å²) in [5.41, 5.74) is 3.49. The predicted molar refractivity (Wildman–Crippen MR) is 75.6 cm³/mol. The number of allylic oxidation sites excluding steroid dienone is 3. The molecule has 0 aliphatic carbocycles. The quantitative estimate of drug-likeness (QED) is 0.717. The second-order valence-corrected chi connectivity index (χ2v) is 5.19. The molecular weight excluding hydrogens is 253 g/mol. The Morgan fingerprint density at radius 3 is 2.41 bits per heavy atom. The highest BCUT2D eigenvalue weighted by atomic mass is 35.5. The minimum atomic E-state index is -1.08. The van der Waals surface area contributed by atoms with Crippen molar-refractivity contribution in [3.8, 4) is 0 Å². The summed E-state index contributed by atoms with van der Waals surface area (Å²) in [5.74, 6) is 0. The molecule has 1 heterocycles. The summed E-state index contributed by atoms with van der Waals surface area (Å²) < 4.78 is -1.08. The van der Waals surface area contributed by atoms with Gasteiger partial charge in [0.2, 0.25) is 0 Å². The van der Waals surface area contributed by atoms with Crippen molar-refractivity contribution in [3.05, 3.63) is 66.4 Å². The molecule has 0 unspecified atom stereocenters. The second kappa shape index (κ2) is 4.25. The summed E-state index contributed by atoms with van der Waals surface area (Å²) in [6, 6.07) is 7.79. The lowest BCUT2D eigenvalue weighted by Gasteiger charge is -2.37. The second-order valence-electron chi connectivity index (χ2n) is 3.86. The van der Waals surface area contributed by atoms with Gasteiger partial charge in [-0.1, -0.05) is 60.6 Å². The SMILES string of the molecule is C=CC1=C(C=C)C(Cl)(Cl)c2ccccc2N1C. The van der Waals surface area contributed by atoms with Crippen LogP contribution in [0, 0.1) is 0 Å². The Labute approximate surface area is 112 Å². The number of para-hydroxylation sites is 1. The van der Waals surface area contributed by atoms with Crippen LogP contribution in [-0.2, 0) is 4.33 Å². The molecule has 1 aromatic rings. The maximum absolute atomic E-state index is 6.47. The van der Waals surface area contributed by atoms with E-state index < -0.39 is 4.33 Å². The van der Waals surface area contributed by atoms with Gasteiger partial charge in [0.1, 0.15) is 0 Å². The number of hydrogen-bond donors (Lipinski definition) is 0. The van der Waals surface area contributed by atoms with Crippen LogP contribution in [0.25, 0.3) is 0 Å². The summed E-state index contributed by atoms with van der Waals surface area (Å²) in [6.07, 6.45) is 3.43. The topological polar surface area (TPSA) is 3.24 Å². The van der Waals surface area contributed by atoms with E-state index in [9.17, 15) is 0 Å². The highest BCUT2D eigenvalue weighted by Crippen LogP contribution is 2.50. The van der Waals surface area contributed by atoms with E-state index in [-0.39, 0.29) is 0 Å². The number of alkyl halides is 2. The minimum absolute atomic E-state index is 0.761. The largest absolute Gasteiger partial charge is 0.344 e. The molecule has 0 spiro atoms. The fourth-order valence-electron chi connectivity index (χ4n) is 2.13. The third-order valence-electron chi connectivity index (χ3n) is 2.98. The standard InChI is InChI=1S/C14H13Cl2N/c1-4-10-12(5-2)17(3)13-9-7-6-8-11(13)14(10,15)16/h4-9H,1-2H2,3H3. The Morgan fingerprint density at radius 1 is 1.18 bits per heavy atom. The van der Waals surface area contributed by atoms with Crippen molar-refractivity contribution in [1.29, 1.82) is 0 Å². The molecule has 3 heteroatoms. The first-order chi connectivity index (χ1) is 8.04. The van der Waals surface area contributed by atoms with E-state index in [1.54, 1.807) is 12.2 Å². The molecule has 0 radical (unpaired) electrons. The number of fused-ring (bicyclic) bond motifs is 1. The summed E-state index contributed by atoms with van der Waals surface area (Å²) in [6.45, 7) is 7.59. The highest BCUT2D eigenvalue weighted by molar-refractivity contribution is 6.51. The van der Waals surface area contributed by atoms with Crippen LogP contribution in [0.15, 0.2) is 60.8 Å². The Bertz CT molecular complexity index is 515. The van der Waals surface area contributed by atoms with Gasteiger partial charge in [-0.2, -0.15) is 0 Å². The fourth-order valence-corrected chi connectivity index (χ4v) is 2.80. The van der Waals surface area contributed by atoms with Gasteiger partial charge in [0, 0.05) is 29.6 Å². The average Bonchev–Trinajstić information content (AvgIpc) is 2.33. The number of likely N-dealkylation sites (N-methyl/N-ethyl adjacent to an activating group) is 1. The van der Waals surface area contributed by atoms with Gasteiger partial charge in [0.05, 0.1) is 0 Å². The molecule has 0 fully saturated rings. The zero-order valence-electron chi connectivity index (χ0n) is 9.58. The molecule has 0 amide bonds. The number of anilines is 1. The van der Waals surface area contributed by atoms with Crippen LogP contribution in [0.1, 0.15) is 5.56 Å². The summed E-state index contributed by atoms with van der Waals surface area (Å²) in [4.78, 5) is 2.02. The third kappa shape index (κ3) is 1.70. The predicted octanol–water partition coefficient (Wildman–Crippen LogP) is 4.39. The maximum Gasteiger partial charge on any atom is 0.172 e. The lowest BCUT2D eigenvalue weighted by molar-refractivity contribution is 0.929. The zero-order chi connectivity index (χ0) is 12.6. The number of rotatable bonds is 2. The van der Waals surface area contributed by atoms with Crippen LogP contribution in [0.2, 0.25) is 0 Å². The zero-order valence-corrected chi connectivity index (χ0v) is 11.1. The van der Waals surface area contributed by atoms with E-state index in [4.69, 9.17) is 23.2 Å². The molecule has 0 saturated heterocycles. The molecule has 17 heavy (non-hydrogen) atoms. The molecule has 88 valence electrons. The number of nitrogens with zero attached hydrogens (tertiary/aromatic N) is 1. The lowest BCUT2D eigenvalue weighted by atomic mass is 9.95. The van der Waals surface area contributed by atoms with Crippen molar-refractivity contribution in [3.63, 3.8) is 0 Å². The van der Waals surface area contributed by atoms with Crippen molar-refractivity contribution in [1.82, 2.24) is 0 Å². The van der Waals surface area contributed by atoms with E-state index >= 15 is 0 Å². The molecule has 1 aliphatic rings. The Balaban J connectivity index is 2.77. The van der Waals surface area contributed by atoms with Crippen LogP contribution in [0.4, 0.5) is 5.69 Å². The van der Waals surface area contributed by atoms with Crippen LogP contribution in [0.5, 0.6) is 0 Å². The normalized spacial score (nSPS) is 17.7. The molecule has 0 saturated carbocycles. The van der Waals surface area contributed by atoms with Crippen molar-refractivity contribution < 1.29 is 0 Å². The van der Waals surface area contributed by atoms with Gasteiger partial charge in [0.25, 0.3) is 0 Å². The third-order valence-corrected chi connectivity index (χ3v) is 3.79. The van der Waals surface area contributed by atoms with Gasteiger partial charge in [-0.3, -0.25) is 0 Å². The average molecular weight is 266 g/mol. The van der Waals surface area contributed by atoms with E-state index in [1.807, 2.05) is 36.2 Å². The fraction of sp³-hybridized carbons (Fsp3) is 0.143. The van der Waals surface area contributed by atoms with Gasteiger partial charge >= 0.3 is 0 Å². The number of hydrogen-bond acceptors (Lipinski definition) is 1. The molecule has 1 nitrogen and oxygen atoms in total. The molecule has 1 aliphatic heterocycles. The first-order valence-electron chi connectivity index (χ1n) is 5.24. The highest BCUT2D eigenvalue weighted by Gasteiger charge is 2.39. The number of halogens is 2. The Kier molecular flexibility index (Phi) is 3.07. The molecule has 1 aromatic carbocycles. The Morgan fingerprint density at radius 2 is 1.82 bits per heavy atom. The molecular formula is C14H13Cl2N. The lowest BCUT2D eigenvalue weighted by Crippen LogP contribution is -2.30. The van der Waals surface area contributed by atoms with Gasteiger partial charge in [-0.25, -0.2) is 0 Å². The van der Waals surface area contributed by atoms with Gasteiger partial charge in [0.15, 0.2) is 4.33 Å². The monoisotopic (exact) mass is 265 g/mol. The van der Waals surface area contributed by atoms with Crippen molar-refractivity contribution >= 4 is 28.9 Å². The smallest absolute Gasteiger partial charge is 0.172 e. The first-order valence-corrected chi connectivity index (χ1v) is 6.00. The van der Waals surface area contributed by atoms with E-state index in [1.165, 1.54) is 0 Å². The van der Waals surface area contributed by atoms with Crippen molar-refractivity contribution in [2.24, 2.45) is 0 Å². The minimum Gasteiger partial charge on any atom is -0.344 e. The maximum atomic E-state index is 6.47. The van der Waals surface area contributed by atoms with E-state index in [0.717, 1.165) is 22.5 Å². The number of benzene rings is 1. The summed E-state index contributed by atoms with van der Waals surface area (Å²) in [5, 5.41) is 0. The Hall–Kier alpha value is -1.18. The van der Waals surface area contributed by atoms with Crippen LogP contribution in [-0.4, -0.2) is 7.05 Å². The van der Waals surface area contributed by atoms with E-state index in [2.05, 4.69) is 13.2 Å². The molecule has 0 N–H and O–H groups in total. The van der Waals surface area contributed by atoms with Crippen molar-refractivity contribution in [2.45, 2.75) is 4.33 Å². The van der Waals surface area contributed by atoms with Crippen LogP contribution < -0.4 is 4.90 Å². The van der Waals surface area contributed by atoms with Crippen LogP contribution >= 0.6 is 23.2 Å². The van der Waals surface area contributed by atoms with Crippen LogP contribution in [0.3, 0.4) is 0 Å². The molecule has 0 atom stereocenters. The van der Waals surface area contributed by atoms with Gasteiger partial charge < -0.3 is 4.90 Å². The molecule has 0 aromatic heterocycles. The molecule has 2 rings (SSSR count). The van der Waals surface area contributed by atoms with E-state index in [0.29, 0.717) is 0 Å². The first kappa shape index (κ1) is 12.3. The summed E-state index contributed by atoms with van der Waals surface area (Å²) in [7, 11) is 1.96. The van der Waals surface area contributed by atoms with Crippen molar-refractivity contribution in [2.75, 3.05) is 11.9 Å². The van der Waals surface area contributed by atoms with Gasteiger partial charge in [-0.15, -0.1) is 0 Å². The molecule has 0 bridgehead atoms. The van der Waals surface area contributed by atoms with Gasteiger partial charge in [-0.05, 0) is 12.1 Å². The summed E-state index contributed by atoms with van der Waals surface area (Å²) >= 11 is 12.9.